The summed E-state index contributed by atoms with van der Waals surface area (Å²) in [5.41, 5.74) is 3.20. The van der Waals surface area contributed by atoms with Crippen LogP contribution in [0.25, 0.3) is 0 Å². The Morgan fingerprint density at radius 2 is 1.81 bits per heavy atom. The number of esters is 1. The number of para-hydroxylation sites is 1. The number of halogens is 2. The highest BCUT2D eigenvalue weighted by Gasteiger charge is 2.12. The summed E-state index contributed by atoms with van der Waals surface area (Å²) in [5.74, 6) is 0.286. The highest BCUT2D eigenvalue weighted by Crippen LogP contribution is 2.24. The summed E-state index contributed by atoms with van der Waals surface area (Å²) in [6, 6.07) is 18.4. The Morgan fingerprint density at radius 1 is 1.06 bits per heavy atom. The number of hydrazone groups is 1. The number of nitrogens with zero attached hydrogens (tertiary/aromatic N) is 1. The largest absolute Gasteiger partial charge is 0.497 e. The molecule has 0 fully saturated rings. The Bertz CT molecular complexity index is 1140. The van der Waals surface area contributed by atoms with Gasteiger partial charge in [-0.15, -0.1) is 0 Å². The molecule has 0 aliphatic carbocycles. The first kappa shape index (κ1) is 23.3. The van der Waals surface area contributed by atoms with Gasteiger partial charge in [-0.05, 0) is 54.6 Å². The molecule has 32 heavy (non-hydrogen) atoms. The van der Waals surface area contributed by atoms with Gasteiger partial charge >= 0.3 is 5.97 Å². The zero-order chi connectivity index (χ0) is 22.9. The zero-order valence-electron chi connectivity index (χ0n) is 16.9. The molecule has 0 aromatic heterocycles. The van der Waals surface area contributed by atoms with Crippen molar-refractivity contribution in [1.29, 1.82) is 0 Å². The molecule has 7 nitrogen and oxygen atoms in total. The molecule has 1 N–H and O–H groups in total. The zero-order valence-corrected chi connectivity index (χ0v) is 19.2. The van der Waals surface area contributed by atoms with Crippen LogP contribution in [0.4, 0.5) is 0 Å². The van der Waals surface area contributed by atoms with Gasteiger partial charge in [0.2, 0.25) is 0 Å². The lowest BCUT2D eigenvalue weighted by Crippen LogP contribution is -2.24. The van der Waals surface area contributed by atoms with E-state index in [0.29, 0.717) is 27.6 Å². The highest BCUT2D eigenvalue weighted by atomic mass is 79.9. The molecule has 1 amide bonds. The van der Waals surface area contributed by atoms with Gasteiger partial charge in [-0.1, -0.05) is 39.7 Å². The Balaban J connectivity index is 1.62. The molecule has 9 heteroatoms. The van der Waals surface area contributed by atoms with Gasteiger partial charge in [-0.2, -0.15) is 5.10 Å². The number of nitrogens with one attached hydrogen (secondary N) is 1. The predicted octanol–water partition coefficient (Wildman–Crippen LogP) is 4.86. The fourth-order valence-corrected chi connectivity index (χ4v) is 3.08. The van der Waals surface area contributed by atoms with Gasteiger partial charge in [0.1, 0.15) is 17.2 Å². The van der Waals surface area contributed by atoms with E-state index in [1.807, 2.05) is 0 Å². The van der Waals surface area contributed by atoms with Gasteiger partial charge in [0.15, 0.2) is 6.61 Å². The monoisotopic (exact) mass is 516 g/mol. The van der Waals surface area contributed by atoms with E-state index in [2.05, 4.69) is 26.5 Å². The average Bonchev–Trinajstić information content (AvgIpc) is 2.80. The number of carbonyl (C=O) groups is 2. The lowest BCUT2D eigenvalue weighted by atomic mass is 10.2. The van der Waals surface area contributed by atoms with Crippen molar-refractivity contribution in [3.8, 4) is 17.2 Å². The SMILES string of the molecule is COc1ccc(C(=O)Oc2ccc(Br)cc2/C=N/NC(=O)COc2ccccc2Cl)cc1. The Hall–Kier alpha value is -3.36. The maximum Gasteiger partial charge on any atom is 0.343 e. The molecular weight excluding hydrogens is 500 g/mol. The van der Waals surface area contributed by atoms with Gasteiger partial charge in [-0.3, -0.25) is 4.79 Å². The Kier molecular flexibility index (Phi) is 8.24. The number of ether oxygens (including phenoxy) is 3. The van der Waals surface area contributed by atoms with E-state index in [9.17, 15) is 9.59 Å². The predicted molar refractivity (Wildman–Crippen MR) is 125 cm³/mol. The van der Waals surface area contributed by atoms with Crippen molar-refractivity contribution < 1.29 is 23.8 Å². The summed E-state index contributed by atoms with van der Waals surface area (Å²) in [6.45, 7) is -0.265. The minimum Gasteiger partial charge on any atom is -0.497 e. The smallest absolute Gasteiger partial charge is 0.343 e. The van der Waals surface area contributed by atoms with Gasteiger partial charge in [0.25, 0.3) is 5.91 Å². The molecule has 0 spiro atoms. The van der Waals surface area contributed by atoms with E-state index < -0.39 is 11.9 Å². The van der Waals surface area contributed by atoms with Gasteiger partial charge < -0.3 is 14.2 Å². The number of hydrogen-bond acceptors (Lipinski definition) is 6. The van der Waals surface area contributed by atoms with Crippen molar-refractivity contribution in [2.24, 2.45) is 5.10 Å². The summed E-state index contributed by atoms with van der Waals surface area (Å²) < 4.78 is 16.7. The van der Waals surface area contributed by atoms with E-state index in [4.69, 9.17) is 25.8 Å². The van der Waals surface area contributed by atoms with Crippen molar-refractivity contribution in [2.45, 2.75) is 0 Å². The van der Waals surface area contributed by atoms with E-state index in [0.717, 1.165) is 4.47 Å². The number of rotatable bonds is 8. The van der Waals surface area contributed by atoms with Crippen molar-refractivity contribution in [3.63, 3.8) is 0 Å². The second-order valence-electron chi connectivity index (χ2n) is 6.31. The maximum absolute atomic E-state index is 12.5. The standard InChI is InChI=1S/C23H18BrClN2O5/c1-30-18-9-6-15(7-10-18)23(29)32-20-11-8-17(24)12-16(20)13-26-27-22(28)14-31-21-5-3-2-4-19(21)25/h2-13H,14H2,1H3,(H,27,28)/b26-13+. The van der Waals surface area contributed by atoms with Crippen LogP contribution in [0.15, 0.2) is 76.3 Å². The van der Waals surface area contributed by atoms with Gasteiger partial charge in [0.05, 0.1) is 23.9 Å². The molecule has 0 atom stereocenters. The van der Waals surface area contributed by atoms with Crippen molar-refractivity contribution >= 4 is 45.6 Å². The summed E-state index contributed by atoms with van der Waals surface area (Å²) in [6.07, 6.45) is 1.37. The Labute approximate surface area is 198 Å². The molecule has 3 aromatic rings. The third-order valence-corrected chi connectivity index (χ3v) is 4.89. The van der Waals surface area contributed by atoms with Gasteiger partial charge in [0, 0.05) is 10.0 Å². The van der Waals surface area contributed by atoms with Crippen LogP contribution < -0.4 is 19.6 Å². The number of amides is 1. The van der Waals surface area contributed by atoms with Gasteiger partial charge in [-0.25, -0.2) is 10.2 Å². The second kappa shape index (κ2) is 11.3. The molecule has 0 saturated heterocycles. The van der Waals surface area contributed by atoms with Crippen LogP contribution in [0, 0.1) is 0 Å². The minimum atomic E-state index is -0.540. The highest BCUT2D eigenvalue weighted by molar-refractivity contribution is 9.10. The molecule has 0 radical (unpaired) electrons. The molecule has 0 aliphatic rings. The molecule has 0 aliphatic heterocycles. The van der Waals surface area contributed by atoms with Crippen molar-refractivity contribution in [3.05, 3.63) is 87.4 Å². The summed E-state index contributed by atoms with van der Waals surface area (Å²) >= 11 is 9.35. The van der Waals surface area contributed by atoms with E-state index in [1.54, 1.807) is 73.8 Å². The fraction of sp³-hybridized carbons (Fsp3) is 0.0870. The van der Waals surface area contributed by atoms with E-state index in [1.165, 1.54) is 6.21 Å². The quantitative estimate of drug-likeness (QED) is 0.200. The number of methoxy groups -OCH3 is 1. The van der Waals surface area contributed by atoms with E-state index >= 15 is 0 Å². The van der Waals surface area contributed by atoms with Crippen LogP contribution in [-0.4, -0.2) is 31.8 Å². The lowest BCUT2D eigenvalue weighted by molar-refractivity contribution is -0.123. The summed E-state index contributed by atoms with van der Waals surface area (Å²) in [5, 5.41) is 4.32. The topological polar surface area (TPSA) is 86.2 Å². The van der Waals surface area contributed by atoms with Crippen LogP contribution in [0.2, 0.25) is 5.02 Å². The lowest BCUT2D eigenvalue weighted by Gasteiger charge is -2.09. The van der Waals surface area contributed by atoms with Crippen LogP contribution in [-0.2, 0) is 4.79 Å². The number of hydrogen-bond donors (Lipinski definition) is 1. The molecule has 0 unspecified atom stereocenters. The van der Waals surface area contributed by atoms with Crippen LogP contribution >= 0.6 is 27.5 Å². The first-order valence-corrected chi connectivity index (χ1v) is 10.5. The first-order valence-electron chi connectivity index (χ1n) is 9.31. The summed E-state index contributed by atoms with van der Waals surface area (Å²) in [7, 11) is 1.54. The third-order valence-electron chi connectivity index (χ3n) is 4.09. The van der Waals surface area contributed by atoms with E-state index in [-0.39, 0.29) is 12.4 Å². The van der Waals surface area contributed by atoms with Crippen LogP contribution in [0.1, 0.15) is 15.9 Å². The molecular formula is C23H18BrClN2O5. The van der Waals surface area contributed by atoms with Crippen LogP contribution in [0.5, 0.6) is 17.2 Å². The maximum atomic E-state index is 12.5. The minimum absolute atomic E-state index is 0.265. The molecule has 3 aromatic carbocycles. The molecule has 0 saturated carbocycles. The number of benzene rings is 3. The molecule has 164 valence electrons. The molecule has 3 rings (SSSR count). The van der Waals surface area contributed by atoms with Crippen molar-refractivity contribution in [2.75, 3.05) is 13.7 Å². The normalized spacial score (nSPS) is 10.6. The first-order chi connectivity index (χ1) is 15.5. The van der Waals surface area contributed by atoms with Crippen molar-refractivity contribution in [1.82, 2.24) is 5.43 Å². The Morgan fingerprint density at radius 3 is 2.53 bits per heavy atom. The number of carbonyl (C=O) groups excluding carboxylic acids is 2. The molecule has 0 heterocycles. The average molecular weight is 518 g/mol. The third kappa shape index (κ3) is 6.57. The second-order valence-corrected chi connectivity index (χ2v) is 7.64. The fourth-order valence-electron chi connectivity index (χ4n) is 2.51. The molecule has 0 bridgehead atoms. The summed E-state index contributed by atoms with van der Waals surface area (Å²) in [4.78, 5) is 24.5. The van der Waals surface area contributed by atoms with Crippen LogP contribution in [0.3, 0.4) is 0 Å².